The lowest BCUT2D eigenvalue weighted by atomic mass is 10.1. The zero-order valence-corrected chi connectivity index (χ0v) is 9.22. The van der Waals surface area contributed by atoms with Gasteiger partial charge >= 0.3 is 0 Å². The van der Waals surface area contributed by atoms with Gasteiger partial charge in [-0.2, -0.15) is 0 Å². The predicted octanol–water partition coefficient (Wildman–Crippen LogP) is -1.28. The van der Waals surface area contributed by atoms with E-state index in [0.717, 1.165) is 5.56 Å². The lowest BCUT2D eigenvalue weighted by Crippen LogP contribution is -2.37. The molecule has 1 unspecified atom stereocenters. The summed E-state index contributed by atoms with van der Waals surface area (Å²) in [5.74, 6) is -1.27. The zero-order chi connectivity index (χ0) is 12.8. The number of carbonyl (C=O) groups excluding carboxylic acids is 2. The number of aliphatic hydroxyl groups is 1. The van der Waals surface area contributed by atoms with E-state index in [-0.39, 0.29) is 6.54 Å². The second-order valence-electron chi connectivity index (χ2n) is 3.61. The Hall–Kier alpha value is -1.92. The summed E-state index contributed by atoms with van der Waals surface area (Å²) in [5.41, 5.74) is 11.3. The molecule has 0 aliphatic rings. The van der Waals surface area contributed by atoms with E-state index < -0.39 is 17.9 Å². The van der Waals surface area contributed by atoms with E-state index >= 15 is 0 Å². The molecular weight excluding hydrogens is 222 g/mol. The molecule has 1 aromatic carbocycles. The van der Waals surface area contributed by atoms with Gasteiger partial charge in [-0.3, -0.25) is 9.59 Å². The first-order valence-corrected chi connectivity index (χ1v) is 5.07. The quantitative estimate of drug-likeness (QED) is 0.492. The van der Waals surface area contributed by atoms with Crippen molar-refractivity contribution in [3.8, 4) is 0 Å². The minimum Gasteiger partial charge on any atom is -0.382 e. The molecule has 0 bridgehead atoms. The summed E-state index contributed by atoms with van der Waals surface area (Å²) in [6.07, 6.45) is -1.21. The third kappa shape index (κ3) is 4.21. The molecule has 6 nitrogen and oxygen atoms in total. The largest absolute Gasteiger partial charge is 0.382 e. The third-order valence-electron chi connectivity index (χ3n) is 2.21. The van der Waals surface area contributed by atoms with Gasteiger partial charge < -0.3 is 21.9 Å². The van der Waals surface area contributed by atoms with Gasteiger partial charge in [0.05, 0.1) is 0 Å². The Balaban J connectivity index is 2.49. The molecule has 0 spiro atoms. The lowest BCUT2D eigenvalue weighted by Gasteiger charge is -2.08. The molecule has 17 heavy (non-hydrogen) atoms. The third-order valence-corrected chi connectivity index (χ3v) is 2.21. The fourth-order valence-electron chi connectivity index (χ4n) is 1.29. The highest BCUT2D eigenvalue weighted by atomic mass is 16.3. The number of nitrogens with two attached hydrogens (primary N) is 2. The Morgan fingerprint density at radius 3 is 2.65 bits per heavy atom. The lowest BCUT2D eigenvalue weighted by molar-refractivity contribution is -0.125. The first-order valence-electron chi connectivity index (χ1n) is 5.07. The summed E-state index contributed by atoms with van der Waals surface area (Å²) in [7, 11) is 0. The topological polar surface area (TPSA) is 118 Å². The fourth-order valence-corrected chi connectivity index (χ4v) is 1.29. The van der Waals surface area contributed by atoms with Crippen LogP contribution in [0.15, 0.2) is 24.3 Å². The summed E-state index contributed by atoms with van der Waals surface area (Å²) >= 11 is 0. The number of primary amides is 2. The maximum absolute atomic E-state index is 10.9. The summed E-state index contributed by atoms with van der Waals surface area (Å²) in [4.78, 5) is 21.5. The Morgan fingerprint density at radius 2 is 2.06 bits per heavy atom. The van der Waals surface area contributed by atoms with Gasteiger partial charge in [-0.25, -0.2) is 0 Å². The normalized spacial score (nSPS) is 12.1. The predicted molar refractivity (Wildman–Crippen MR) is 61.9 cm³/mol. The first kappa shape index (κ1) is 13.1. The molecule has 0 heterocycles. The van der Waals surface area contributed by atoms with Crippen LogP contribution in [0.2, 0.25) is 0 Å². The summed E-state index contributed by atoms with van der Waals surface area (Å²) in [6.45, 7) is 0.474. The van der Waals surface area contributed by atoms with Crippen LogP contribution in [0.5, 0.6) is 0 Å². The number of carbonyl (C=O) groups is 2. The van der Waals surface area contributed by atoms with Crippen LogP contribution in [0.25, 0.3) is 0 Å². The molecule has 0 radical (unpaired) electrons. The molecular formula is C11H15N3O3. The van der Waals surface area contributed by atoms with Crippen LogP contribution < -0.4 is 16.8 Å². The minimum absolute atomic E-state index is 0.0656. The van der Waals surface area contributed by atoms with Crippen LogP contribution in [-0.2, 0) is 11.3 Å². The van der Waals surface area contributed by atoms with Crippen molar-refractivity contribution in [1.82, 2.24) is 5.32 Å². The van der Waals surface area contributed by atoms with Crippen molar-refractivity contribution in [2.75, 3.05) is 6.54 Å². The highest BCUT2D eigenvalue weighted by Crippen LogP contribution is 2.04. The van der Waals surface area contributed by atoms with Gasteiger partial charge in [0.1, 0.15) is 6.10 Å². The second kappa shape index (κ2) is 5.97. The van der Waals surface area contributed by atoms with Crippen LogP contribution in [0.1, 0.15) is 15.9 Å². The van der Waals surface area contributed by atoms with Crippen LogP contribution in [0, 0.1) is 0 Å². The second-order valence-corrected chi connectivity index (χ2v) is 3.61. The molecule has 6 heteroatoms. The fraction of sp³-hybridized carbons (Fsp3) is 0.273. The number of hydrogen-bond acceptors (Lipinski definition) is 4. The number of nitrogens with one attached hydrogen (secondary N) is 1. The molecule has 0 fully saturated rings. The van der Waals surface area contributed by atoms with Crippen molar-refractivity contribution in [3.05, 3.63) is 35.4 Å². The van der Waals surface area contributed by atoms with Crippen molar-refractivity contribution in [2.24, 2.45) is 11.5 Å². The highest BCUT2D eigenvalue weighted by Gasteiger charge is 2.09. The van der Waals surface area contributed by atoms with E-state index in [4.69, 9.17) is 16.6 Å². The number of amides is 2. The average Bonchev–Trinajstić information content (AvgIpc) is 2.29. The van der Waals surface area contributed by atoms with E-state index in [9.17, 15) is 9.59 Å². The molecule has 1 rings (SSSR count). The minimum atomic E-state index is -1.21. The van der Waals surface area contributed by atoms with Crippen LogP contribution in [0.4, 0.5) is 0 Å². The van der Waals surface area contributed by atoms with Gasteiger partial charge in [0.25, 0.3) is 0 Å². The summed E-state index contributed by atoms with van der Waals surface area (Å²) in [5, 5.41) is 12.0. The number of benzene rings is 1. The smallest absolute Gasteiger partial charge is 0.248 e. The molecule has 92 valence electrons. The Morgan fingerprint density at radius 1 is 1.35 bits per heavy atom. The molecule has 1 aromatic rings. The van der Waals surface area contributed by atoms with E-state index in [2.05, 4.69) is 5.32 Å². The van der Waals surface area contributed by atoms with Crippen molar-refractivity contribution in [1.29, 1.82) is 0 Å². The van der Waals surface area contributed by atoms with Gasteiger partial charge in [-0.05, 0) is 17.7 Å². The van der Waals surface area contributed by atoms with Crippen molar-refractivity contribution >= 4 is 11.8 Å². The van der Waals surface area contributed by atoms with Crippen LogP contribution >= 0.6 is 0 Å². The average molecular weight is 237 g/mol. The van der Waals surface area contributed by atoms with Gasteiger partial charge in [0, 0.05) is 18.7 Å². The van der Waals surface area contributed by atoms with E-state index in [1.165, 1.54) is 0 Å². The molecule has 6 N–H and O–H groups in total. The summed E-state index contributed by atoms with van der Waals surface area (Å²) in [6, 6.07) is 6.77. The Bertz CT molecular complexity index is 420. The van der Waals surface area contributed by atoms with Crippen molar-refractivity contribution in [2.45, 2.75) is 12.6 Å². The molecule has 0 aliphatic carbocycles. The van der Waals surface area contributed by atoms with Gasteiger partial charge in [0.2, 0.25) is 11.8 Å². The zero-order valence-electron chi connectivity index (χ0n) is 9.22. The maximum atomic E-state index is 10.9. The number of rotatable bonds is 6. The van der Waals surface area contributed by atoms with Crippen LogP contribution in [-0.4, -0.2) is 29.6 Å². The van der Waals surface area contributed by atoms with E-state index in [1.807, 2.05) is 0 Å². The van der Waals surface area contributed by atoms with Crippen molar-refractivity contribution < 1.29 is 14.7 Å². The molecule has 0 aromatic heterocycles. The van der Waals surface area contributed by atoms with Crippen LogP contribution in [0.3, 0.4) is 0 Å². The first-order chi connectivity index (χ1) is 8.00. The molecule has 0 saturated heterocycles. The standard InChI is InChI=1S/C11H15N3O3/c12-10(16)8-3-1-2-7(4-8)5-14-6-9(15)11(13)17/h1-4,9,14-15H,5-6H2,(H2,12,16)(H2,13,17). The Kier molecular flexibility index (Phi) is 4.62. The summed E-state index contributed by atoms with van der Waals surface area (Å²) < 4.78 is 0. The van der Waals surface area contributed by atoms with E-state index in [1.54, 1.807) is 24.3 Å². The number of hydrogen-bond donors (Lipinski definition) is 4. The Labute approximate surface area is 98.6 Å². The highest BCUT2D eigenvalue weighted by molar-refractivity contribution is 5.92. The van der Waals surface area contributed by atoms with Gasteiger partial charge in [-0.1, -0.05) is 12.1 Å². The van der Waals surface area contributed by atoms with Crippen molar-refractivity contribution in [3.63, 3.8) is 0 Å². The van der Waals surface area contributed by atoms with Gasteiger partial charge in [0.15, 0.2) is 0 Å². The molecule has 0 saturated carbocycles. The molecule has 2 amide bonds. The monoisotopic (exact) mass is 237 g/mol. The van der Waals surface area contributed by atoms with E-state index in [0.29, 0.717) is 12.1 Å². The molecule has 1 atom stereocenters. The maximum Gasteiger partial charge on any atom is 0.248 e. The van der Waals surface area contributed by atoms with Gasteiger partial charge in [-0.15, -0.1) is 0 Å². The number of aliphatic hydroxyl groups excluding tert-OH is 1. The molecule has 0 aliphatic heterocycles. The SMILES string of the molecule is NC(=O)c1cccc(CNCC(O)C(N)=O)c1.